The van der Waals surface area contributed by atoms with Crippen molar-refractivity contribution < 1.29 is 4.21 Å². The Hall–Kier alpha value is -0.680. The van der Waals surface area contributed by atoms with Crippen molar-refractivity contribution in [2.45, 2.75) is 51.1 Å². The van der Waals surface area contributed by atoms with E-state index in [4.69, 9.17) is 0 Å². The van der Waals surface area contributed by atoms with Gasteiger partial charge >= 0.3 is 0 Å². The minimum Gasteiger partial charge on any atom is -0.311 e. The van der Waals surface area contributed by atoms with Crippen molar-refractivity contribution in [3.05, 3.63) is 18.0 Å². The summed E-state index contributed by atoms with van der Waals surface area (Å²) in [7, 11) is -0.673. The molecule has 19 heavy (non-hydrogen) atoms. The Kier molecular flexibility index (Phi) is 6.04. The van der Waals surface area contributed by atoms with Gasteiger partial charge < -0.3 is 5.32 Å². The Morgan fingerprint density at radius 3 is 2.95 bits per heavy atom. The van der Waals surface area contributed by atoms with Gasteiger partial charge in [-0.05, 0) is 31.9 Å². The van der Waals surface area contributed by atoms with Crippen molar-refractivity contribution in [2.75, 3.05) is 18.6 Å². The Balaban J connectivity index is 1.70. The summed E-state index contributed by atoms with van der Waals surface area (Å²) in [5.74, 6) is 0.781. The summed E-state index contributed by atoms with van der Waals surface area (Å²) in [5, 5.41) is 8.02. The maximum atomic E-state index is 10.9. The molecule has 1 N–H and O–H groups in total. The Labute approximate surface area is 118 Å². The predicted molar refractivity (Wildman–Crippen MR) is 79.6 cm³/mol. The molecule has 1 atom stereocenters. The van der Waals surface area contributed by atoms with Gasteiger partial charge in [-0.25, -0.2) is 0 Å². The molecule has 0 aliphatic heterocycles. The number of rotatable bonds is 7. The molecule has 108 valence electrons. The zero-order valence-electron chi connectivity index (χ0n) is 11.8. The molecular weight excluding hydrogens is 258 g/mol. The summed E-state index contributed by atoms with van der Waals surface area (Å²) in [4.78, 5) is 0. The average Bonchev–Trinajstić information content (AvgIpc) is 2.88. The second kappa shape index (κ2) is 7.80. The van der Waals surface area contributed by atoms with Gasteiger partial charge in [-0.1, -0.05) is 19.3 Å². The molecule has 1 unspecified atom stereocenters. The summed E-state index contributed by atoms with van der Waals surface area (Å²) in [6, 6.07) is 2.73. The molecule has 0 amide bonds. The van der Waals surface area contributed by atoms with Crippen molar-refractivity contribution >= 4 is 10.8 Å². The lowest BCUT2D eigenvalue weighted by Gasteiger charge is -2.21. The zero-order chi connectivity index (χ0) is 13.5. The van der Waals surface area contributed by atoms with Crippen LogP contribution >= 0.6 is 0 Å². The van der Waals surface area contributed by atoms with Gasteiger partial charge in [-0.3, -0.25) is 8.89 Å². The number of aromatic nitrogens is 2. The Morgan fingerprint density at radius 2 is 2.21 bits per heavy atom. The lowest BCUT2D eigenvalue weighted by atomic mass is 9.96. The topological polar surface area (TPSA) is 46.9 Å². The van der Waals surface area contributed by atoms with Crippen LogP contribution in [0.4, 0.5) is 0 Å². The highest BCUT2D eigenvalue weighted by molar-refractivity contribution is 7.84. The van der Waals surface area contributed by atoms with Gasteiger partial charge in [-0.2, -0.15) is 5.10 Å². The van der Waals surface area contributed by atoms with E-state index in [1.807, 2.05) is 0 Å². The van der Waals surface area contributed by atoms with E-state index in [1.165, 1.54) is 32.1 Å². The highest BCUT2D eigenvalue weighted by Crippen LogP contribution is 2.27. The van der Waals surface area contributed by atoms with Gasteiger partial charge in [0, 0.05) is 35.5 Å². The first-order valence-corrected chi connectivity index (χ1v) is 9.03. The zero-order valence-corrected chi connectivity index (χ0v) is 12.6. The fourth-order valence-corrected chi connectivity index (χ4v) is 3.19. The Morgan fingerprint density at radius 1 is 1.42 bits per heavy atom. The van der Waals surface area contributed by atoms with E-state index in [9.17, 15) is 4.21 Å². The fraction of sp³-hybridized carbons (Fsp3) is 0.786. The molecule has 5 heteroatoms. The lowest BCUT2D eigenvalue weighted by Crippen LogP contribution is -2.18. The van der Waals surface area contributed by atoms with Crippen LogP contribution in [0.3, 0.4) is 0 Å². The van der Waals surface area contributed by atoms with Gasteiger partial charge in [0.05, 0.1) is 11.7 Å². The first kappa shape index (κ1) is 14.7. The van der Waals surface area contributed by atoms with Crippen molar-refractivity contribution in [2.24, 2.45) is 0 Å². The molecule has 0 radical (unpaired) electrons. The molecule has 0 bridgehead atoms. The fourth-order valence-electron chi connectivity index (χ4n) is 2.64. The molecule has 1 saturated carbocycles. The SMILES string of the molecule is CS(=O)CCCNCc1ccn(C2CCCCC2)n1. The van der Waals surface area contributed by atoms with E-state index in [0.717, 1.165) is 31.0 Å². The molecule has 0 saturated heterocycles. The molecular formula is C14H25N3OS. The minimum atomic E-state index is -0.673. The third-order valence-corrected chi connectivity index (χ3v) is 4.57. The second-order valence-electron chi connectivity index (χ2n) is 5.39. The number of nitrogens with zero attached hydrogens (tertiary/aromatic N) is 2. The third kappa shape index (κ3) is 5.07. The number of nitrogens with one attached hydrogen (secondary N) is 1. The first-order valence-electron chi connectivity index (χ1n) is 7.30. The molecule has 1 aliphatic rings. The molecule has 1 fully saturated rings. The van der Waals surface area contributed by atoms with Crippen LogP contribution in [-0.2, 0) is 17.3 Å². The van der Waals surface area contributed by atoms with Gasteiger partial charge in [0.1, 0.15) is 0 Å². The van der Waals surface area contributed by atoms with Crippen LogP contribution in [0.15, 0.2) is 12.3 Å². The molecule has 1 aromatic heterocycles. The first-order chi connectivity index (χ1) is 9.25. The van der Waals surface area contributed by atoms with Crippen LogP contribution in [0.2, 0.25) is 0 Å². The van der Waals surface area contributed by atoms with Crippen molar-refractivity contribution in [3.63, 3.8) is 0 Å². The summed E-state index contributed by atoms with van der Waals surface area (Å²) < 4.78 is 13.1. The van der Waals surface area contributed by atoms with Crippen LogP contribution in [0, 0.1) is 0 Å². The quantitative estimate of drug-likeness (QED) is 0.781. The molecule has 0 aromatic carbocycles. The standard InChI is InChI=1S/C14H25N3OS/c1-19(18)11-5-9-15-12-13-8-10-17(16-13)14-6-3-2-4-7-14/h8,10,14-15H,2-7,9,11-12H2,1H3. The number of hydrogen-bond donors (Lipinski definition) is 1. The van der Waals surface area contributed by atoms with E-state index in [0.29, 0.717) is 6.04 Å². The molecule has 1 aromatic rings. The summed E-state index contributed by atoms with van der Waals surface area (Å²) >= 11 is 0. The predicted octanol–water partition coefficient (Wildman–Crippen LogP) is 2.25. The van der Waals surface area contributed by atoms with Gasteiger partial charge in [-0.15, -0.1) is 0 Å². The van der Waals surface area contributed by atoms with Crippen molar-refractivity contribution in [1.29, 1.82) is 0 Å². The minimum absolute atomic E-state index is 0.616. The molecule has 1 aliphatic carbocycles. The monoisotopic (exact) mass is 283 g/mol. The van der Waals surface area contributed by atoms with Crippen molar-refractivity contribution in [3.8, 4) is 0 Å². The average molecular weight is 283 g/mol. The summed E-state index contributed by atoms with van der Waals surface area (Å²) in [6.45, 7) is 1.73. The van der Waals surface area contributed by atoms with E-state index in [-0.39, 0.29) is 0 Å². The molecule has 4 nitrogen and oxygen atoms in total. The highest BCUT2D eigenvalue weighted by atomic mass is 32.2. The second-order valence-corrected chi connectivity index (χ2v) is 6.94. The smallest absolute Gasteiger partial charge is 0.0762 e. The Bertz CT molecular complexity index is 399. The number of hydrogen-bond acceptors (Lipinski definition) is 3. The third-order valence-electron chi connectivity index (χ3n) is 3.70. The van der Waals surface area contributed by atoms with Crippen LogP contribution in [-0.4, -0.2) is 32.5 Å². The highest BCUT2D eigenvalue weighted by Gasteiger charge is 2.15. The van der Waals surface area contributed by atoms with E-state index >= 15 is 0 Å². The summed E-state index contributed by atoms with van der Waals surface area (Å²) in [5.41, 5.74) is 1.11. The van der Waals surface area contributed by atoms with Crippen molar-refractivity contribution in [1.82, 2.24) is 15.1 Å². The van der Waals surface area contributed by atoms with E-state index < -0.39 is 10.8 Å². The largest absolute Gasteiger partial charge is 0.311 e. The van der Waals surface area contributed by atoms with E-state index in [1.54, 1.807) is 6.26 Å². The van der Waals surface area contributed by atoms with Gasteiger partial charge in [0.25, 0.3) is 0 Å². The van der Waals surface area contributed by atoms with Crippen LogP contribution in [0.1, 0.15) is 50.3 Å². The van der Waals surface area contributed by atoms with Gasteiger partial charge in [0.15, 0.2) is 0 Å². The van der Waals surface area contributed by atoms with Crippen LogP contribution in [0.25, 0.3) is 0 Å². The summed E-state index contributed by atoms with van der Waals surface area (Å²) in [6.07, 6.45) is 11.4. The molecule has 0 spiro atoms. The van der Waals surface area contributed by atoms with Crippen LogP contribution in [0.5, 0.6) is 0 Å². The van der Waals surface area contributed by atoms with Crippen LogP contribution < -0.4 is 5.32 Å². The normalized spacial score (nSPS) is 18.6. The van der Waals surface area contributed by atoms with E-state index in [2.05, 4.69) is 27.4 Å². The molecule has 2 rings (SSSR count). The van der Waals surface area contributed by atoms with Gasteiger partial charge in [0.2, 0.25) is 0 Å². The molecule has 1 heterocycles. The maximum absolute atomic E-state index is 10.9. The maximum Gasteiger partial charge on any atom is 0.0762 e. The lowest BCUT2D eigenvalue weighted by molar-refractivity contribution is 0.327.